The number of halogens is 2. The van der Waals surface area contributed by atoms with Gasteiger partial charge in [0.1, 0.15) is 17.6 Å². The van der Waals surface area contributed by atoms with E-state index >= 15 is 0 Å². The minimum absolute atomic E-state index is 0.0904. The van der Waals surface area contributed by atoms with Crippen molar-refractivity contribution in [3.05, 3.63) is 106 Å². The summed E-state index contributed by atoms with van der Waals surface area (Å²) in [6.45, 7) is 4.37. The first-order chi connectivity index (χ1) is 18.3. The van der Waals surface area contributed by atoms with E-state index in [2.05, 4.69) is 15.6 Å². The quantitative estimate of drug-likeness (QED) is 0.230. The smallest absolute Gasteiger partial charge is 0.226 e. The van der Waals surface area contributed by atoms with Gasteiger partial charge in [-0.3, -0.25) is 9.78 Å². The average molecular weight is 566 g/mol. The van der Waals surface area contributed by atoms with Crippen molar-refractivity contribution >= 4 is 52.1 Å². The molecule has 2 atom stereocenters. The van der Waals surface area contributed by atoms with E-state index < -0.39 is 0 Å². The number of thiocarbonyl (C=S) groups is 1. The molecule has 9 heteroatoms. The Kier molecular flexibility index (Phi) is 7.70. The molecule has 5 rings (SSSR count). The first kappa shape index (κ1) is 26.2. The number of aromatic nitrogens is 1. The van der Waals surface area contributed by atoms with Crippen LogP contribution in [-0.4, -0.2) is 27.4 Å². The number of furan rings is 1. The van der Waals surface area contributed by atoms with E-state index in [-0.39, 0.29) is 24.4 Å². The van der Waals surface area contributed by atoms with Crippen LogP contribution in [0.15, 0.2) is 77.3 Å². The molecule has 3 heterocycles. The van der Waals surface area contributed by atoms with Crippen molar-refractivity contribution in [1.29, 1.82) is 0 Å². The normalized spacial score (nSPS) is 16.9. The summed E-state index contributed by atoms with van der Waals surface area (Å²) in [5.74, 6) is 1.18. The summed E-state index contributed by atoms with van der Waals surface area (Å²) in [5.41, 5.74) is 4.43. The van der Waals surface area contributed by atoms with Gasteiger partial charge in [0.25, 0.3) is 0 Å². The van der Waals surface area contributed by atoms with Gasteiger partial charge >= 0.3 is 0 Å². The van der Waals surface area contributed by atoms with Crippen LogP contribution in [-0.2, 0) is 4.79 Å². The second-order valence-corrected chi connectivity index (χ2v) is 10.4. The van der Waals surface area contributed by atoms with Crippen molar-refractivity contribution in [2.45, 2.75) is 32.4 Å². The standard InChI is InChI=1S/C29H26Cl2N4O2S/c1-17-9-10-18(2)22(16-17)33-25(36)13-15-35-28(27(34-29(35)38)21-8-3-4-14-32-21)24-12-11-23(37-24)19-6-5-7-20(30)26(19)31/h3-12,14,16,27-28H,13,15H2,1-2H3,(H,33,36)(H,34,38)/t27-,28-/m0/s1. The minimum atomic E-state index is -0.322. The van der Waals surface area contributed by atoms with Crippen LogP contribution in [0.25, 0.3) is 11.3 Å². The van der Waals surface area contributed by atoms with Crippen molar-refractivity contribution in [2.75, 3.05) is 11.9 Å². The molecule has 0 radical (unpaired) electrons. The first-order valence-corrected chi connectivity index (χ1v) is 13.4. The highest BCUT2D eigenvalue weighted by atomic mass is 35.5. The van der Waals surface area contributed by atoms with E-state index in [0.717, 1.165) is 22.5 Å². The fourth-order valence-electron chi connectivity index (χ4n) is 4.61. The van der Waals surface area contributed by atoms with E-state index in [0.29, 0.717) is 38.8 Å². The number of anilines is 1. The Bertz CT molecular complexity index is 1490. The summed E-state index contributed by atoms with van der Waals surface area (Å²) in [6.07, 6.45) is 1.99. The molecule has 0 unspecified atom stereocenters. The van der Waals surface area contributed by atoms with Gasteiger partial charge < -0.3 is 20.0 Å². The Morgan fingerprint density at radius 1 is 1.11 bits per heavy atom. The molecule has 1 aliphatic rings. The summed E-state index contributed by atoms with van der Waals surface area (Å²) in [6, 6.07) is 20.4. The maximum Gasteiger partial charge on any atom is 0.226 e. The molecule has 0 saturated carbocycles. The van der Waals surface area contributed by atoms with E-state index in [1.54, 1.807) is 12.3 Å². The molecule has 2 N–H and O–H groups in total. The van der Waals surface area contributed by atoms with Crippen LogP contribution in [0.2, 0.25) is 10.0 Å². The zero-order chi connectivity index (χ0) is 26.8. The monoisotopic (exact) mass is 564 g/mol. The lowest BCUT2D eigenvalue weighted by atomic mass is 10.0. The molecule has 1 aliphatic heterocycles. The molecule has 1 saturated heterocycles. The minimum Gasteiger partial charge on any atom is -0.459 e. The lowest BCUT2D eigenvalue weighted by molar-refractivity contribution is -0.116. The zero-order valence-electron chi connectivity index (χ0n) is 20.9. The molecule has 1 amide bonds. The number of pyridine rings is 1. The van der Waals surface area contributed by atoms with Gasteiger partial charge in [0.05, 0.1) is 21.8 Å². The number of nitrogens with one attached hydrogen (secondary N) is 2. The van der Waals surface area contributed by atoms with E-state index in [9.17, 15) is 4.79 Å². The molecule has 4 aromatic rings. The van der Waals surface area contributed by atoms with Crippen molar-refractivity contribution in [1.82, 2.24) is 15.2 Å². The molecular weight excluding hydrogens is 539 g/mol. The molecule has 0 bridgehead atoms. The summed E-state index contributed by atoms with van der Waals surface area (Å²) < 4.78 is 6.34. The van der Waals surface area contributed by atoms with E-state index in [1.807, 2.05) is 79.4 Å². The SMILES string of the molecule is Cc1ccc(C)c(NC(=O)CCN2C(=S)N[C@@H](c3ccccn3)[C@@H]2c2ccc(-c3cccc(Cl)c3Cl)o2)c1. The van der Waals surface area contributed by atoms with Crippen LogP contribution < -0.4 is 10.6 Å². The average Bonchev–Trinajstić information content (AvgIpc) is 3.51. The van der Waals surface area contributed by atoms with Crippen LogP contribution in [0.5, 0.6) is 0 Å². The number of hydrogen-bond donors (Lipinski definition) is 2. The Labute approximate surface area is 237 Å². The third kappa shape index (κ3) is 5.41. The fraction of sp³-hybridized carbons (Fsp3) is 0.207. The van der Waals surface area contributed by atoms with Gasteiger partial charge in [-0.2, -0.15) is 0 Å². The molecule has 0 spiro atoms. The summed E-state index contributed by atoms with van der Waals surface area (Å²) in [5, 5.41) is 7.83. The predicted octanol–water partition coefficient (Wildman–Crippen LogP) is 7.27. The van der Waals surface area contributed by atoms with Crippen molar-refractivity contribution < 1.29 is 9.21 Å². The van der Waals surface area contributed by atoms with Gasteiger partial charge in [0.2, 0.25) is 5.91 Å². The largest absolute Gasteiger partial charge is 0.459 e. The third-order valence-corrected chi connectivity index (χ3v) is 7.75. The maximum absolute atomic E-state index is 12.9. The van der Waals surface area contributed by atoms with Crippen LogP contribution in [0.1, 0.15) is 41.1 Å². The second-order valence-electron chi connectivity index (χ2n) is 9.24. The van der Waals surface area contributed by atoms with Gasteiger partial charge in [-0.15, -0.1) is 0 Å². The van der Waals surface area contributed by atoms with E-state index in [1.165, 1.54) is 0 Å². The Morgan fingerprint density at radius 3 is 2.74 bits per heavy atom. The number of benzene rings is 2. The van der Waals surface area contributed by atoms with Gasteiger partial charge in [0.15, 0.2) is 5.11 Å². The van der Waals surface area contributed by atoms with Gasteiger partial charge in [-0.1, -0.05) is 47.5 Å². The molecular formula is C29H26Cl2N4O2S. The fourth-order valence-corrected chi connectivity index (χ4v) is 5.34. The van der Waals surface area contributed by atoms with Crippen molar-refractivity contribution in [3.8, 4) is 11.3 Å². The Morgan fingerprint density at radius 2 is 1.95 bits per heavy atom. The van der Waals surface area contributed by atoms with Crippen LogP contribution >= 0.6 is 35.4 Å². The highest BCUT2D eigenvalue weighted by Crippen LogP contribution is 2.42. The molecule has 1 fully saturated rings. The number of rotatable bonds is 7. The highest BCUT2D eigenvalue weighted by Gasteiger charge is 2.41. The number of carbonyl (C=O) groups is 1. The van der Waals surface area contributed by atoms with Crippen molar-refractivity contribution in [2.24, 2.45) is 0 Å². The number of aryl methyl sites for hydroxylation is 2. The topological polar surface area (TPSA) is 70.4 Å². The first-order valence-electron chi connectivity index (χ1n) is 12.2. The lowest BCUT2D eigenvalue weighted by Gasteiger charge is -2.26. The highest BCUT2D eigenvalue weighted by molar-refractivity contribution is 7.80. The molecule has 2 aromatic heterocycles. The number of amides is 1. The van der Waals surface area contributed by atoms with E-state index in [4.69, 9.17) is 39.8 Å². The molecule has 194 valence electrons. The summed E-state index contributed by atoms with van der Waals surface area (Å²) in [4.78, 5) is 19.5. The molecule has 2 aromatic carbocycles. The molecule has 6 nitrogen and oxygen atoms in total. The summed E-state index contributed by atoms with van der Waals surface area (Å²) in [7, 11) is 0. The second kappa shape index (κ2) is 11.2. The maximum atomic E-state index is 12.9. The van der Waals surface area contributed by atoms with Gasteiger partial charge in [-0.25, -0.2) is 0 Å². The molecule has 0 aliphatic carbocycles. The van der Waals surface area contributed by atoms with Gasteiger partial charge in [0, 0.05) is 30.4 Å². The lowest BCUT2D eigenvalue weighted by Crippen LogP contribution is -2.32. The third-order valence-electron chi connectivity index (χ3n) is 6.58. The zero-order valence-corrected chi connectivity index (χ0v) is 23.2. The molecule has 38 heavy (non-hydrogen) atoms. The van der Waals surface area contributed by atoms with Crippen LogP contribution in [0.3, 0.4) is 0 Å². The Hall–Kier alpha value is -3.39. The van der Waals surface area contributed by atoms with Crippen molar-refractivity contribution in [3.63, 3.8) is 0 Å². The Balaban J connectivity index is 1.42. The van der Waals surface area contributed by atoms with Crippen LogP contribution in [0, 0.1) is 13.8 Å². The van der Waals surface area contributed by atoms with Crippen LogP contribution in [0.4, 0.5) is 5.69 Å². The van der Waals surface area contributed by atoms with Gasteiger partial charge in [-0.05, 0) is 79.7 Å². The summed E-state index contributed by atoms with van der Waals surface area (Å²) >= 11 is 18.4. The number of hydrogen-bond acceptors (Lipinski definition) is 4. The predicted molar refractivity (Wildman–Crippen MR) is 155 cm³/mol. The number of carbonyl (C=O) groups excluding carboxylic acids is 1. The number of nitrogens with zero attached hydrogens (tertiary/aromatic N) is 2.